The summed E-state index contributed by atoms with van der Waals surface area (Å²) >= 11 is 5.67. The van der Waals surface area contributed by atoms with Gasteiger partial charge in [-0.2, -0.15) is 5.10 Å². The van der Waals surface area contributed by atoms with E-state index in [9.17, 15) is 8.42 Å². The molecule has 2 aromatic rings. The lowest BCUT2D eigenvalue weighted by atomic mass is 10.2. The van der Waals surface area contributed by atoms with Crippen molar-refractivity contribution in [1.82, 2.24) is 9.78 Å². The van der Waals surface area contributed by atoms with Crippen molar-refractivity contribution in [2.45, 2.75) is 25.2 Å². The van der Waals surface area contributed by atoms with Crippen molar-refractivity contribution in [2.24, 2.45) is 7.05 Å². The standard InChI is InChI=1S/C14H18ClN3O2S/c1-10-14(11(2)18(3)16-10)17-21(19,20)13-6-4-12(5-7-13)8-9-15/h4-7,17H,8-9H2,1-3H3. The summed E-state index contributed by atoms with van der Waals surface area (Å²) in [5, 5.41) is 4.20. The van der Waals surface area contributed by atoms with E-state index >= 15 is 0 Å². The number of halogens is 1. The van der Waals surface area contributed by atoms with Crippen LogP contribution in [0.3, 0.4) is 0 Å². The zero-order valence-electron chi connectivity index (χ0n) is 12.2. The van der Waals surface area contributed by atoms with Gasteiger partial charge >= 0.3 is 0 Å². The number of hydrogen-bond donors (Lipinski definition) is 1. The maximum Gasteiger partial charge on any atom is 0.262 e. The van der Waals surface area contributed by atoms with Crippen molar-refractivity contribution in [1.29, 1.82) is 0 Å². The Morgan fingerprint density at radius 3 is 2.33 bits per heavy atom. The fourth-order valence-electron chi connectivity index (χ4n) is 2.06. The lowest BCUT2D eigenvalue weighted by Crippen LogP contribution is -2.14. The minimum absolute atomic E-state index is 0.225. The SMILES string of the molecule is Cc1nn(C)c(C)c1NS(=O)(=O)c1ccc(CCCl)cc1. The largest absolute Gasteiger partial charge is 0.276 e. The molecule has 5 nitrogen and oxygen atoms in total. The van der Waals surface area contributed by atoms with Gasteiger partial charge in [-0.25, -0.2) is 8.42 Å². The summed E-state index contributed by atoms with van der Waals surface area (Å²) in [5.74, 6) is 0.512. The summed E-state index contributed by atoms with van der Waals surface area (Å²) in [6, 6.07) is 6.73. The van der Waals surface area contributed by atoms with E-state index in [2.05, 4.69) is 9.82 Å². The van der Waals surface area contributed by atoms with Crippen molar-refractivity contribution < 1.29 is 8.42 Å². The number of anilines is 1. The van der Waals surface area contributed by atoms with Crippen LogP contribution in [0.2, 0.25) is 0 Å². The van der Waals surface area contributed by atoms with E-state index in [-0.39, 0.29) is 4.90 Å². The van der Waals surface area contributed by atoms with Gasteiger partial charge in [0.1, 0.15) is 0 Å². The molecule has 7 heteroatoms. The van der Waals surface area contributed by atoms with Gasteiger partial charge in [-0.15, -0.1) is 11.6 Å². The van der Waals surface area contributed by atoms with Crippen LogP contribution in [-0.4, -0.2) is 24.1 Å². The Morgan fingerprint density at radius 1 is 1.24 bits per heavy atom. The maximum atomic E-state index is 12.4. The van der Waals surface area contributed by atoms with Crippen LogP contribution in [0.4, 0.5) is 5.69 Å². The Morgan fingerprint density at radius 2 is 1.86 bits per heavy atom. The van der Waals surface area contributed by atoms with Gasteiger partial charge in [0, 0.05) is 12.9 Å². The number of nitrogens with one attached hydrogen (secondary N) is 1. The molecule has 0 bridgehead atoms. The first-order valence-corrected chi connectivity index (χ1v) is 8.55. The molecular weight excluding hydrogens is 310 g/mol. The summed E-state index contributed by atoms with van der Waals surface area (Å²) in [6.07, 6.45) is 0.718. The topological polar surface area (TPSA) is 64.0 Å². The Bertz CT molecular complexity index is 736. The molecule has 0 aliphatic rings. The first-order valence-electron chi connectivity index (χ1n) is 6.53. The summed E-state index contributed by atoms with van der Waals surface area (Å²) in [4.78, 5) is 0.225. The van der Waals surface area contributed by atoms with Crippen LogP contribution in [-0.2, 0) is 23.5 Å². The fraction of sp³-hybridized carbons (Fsp3) is 0.357. The highest BCUT2D eigenvalue weighted by Gasteiger charge is 2.19. The Balaban J connectivity index is 2.29. The molecule has 0 unspecified atom stereocenters. The molecule has 2 rings (SSSR count). The molecule has 0 saturated carbocycles. The lowest BCUT2D eigenvalue weighted by molar-refractivity contribution is 0.601. The van der Waals surface area contributed by atoms with Gasteiger partial charge in [-0.05, 0) is 38.0 Å². The van der Waals surface area contributed by atoms with E-state index in [1.165, 1.54) is 0 Å². The van der Waals surface area contributed by atoms with Crippen LogP contribution in [0.15, 0.2) is 29.2 Å². The molecule has 21 heavy (non-hydrogen) atoms. The second-order valence-corrected chi connectivity index (χ2v) is 6.92. The van der Waals surface area contributed by atoms with E-state index in [0.29, 0.717) is 17.3 Å². The van der Waals surface area contributed by atoms with Crippen molar-refractivity contribution in [3.63, 3.8) is 0 Å². The van der Waals surface area contributed by atoms with E-state index in [1.807, 2.05) is 6.92 Å². The third-order valence-corrected chi connectivity index (χ3v) is 4.92. The summed E-state index contributed by atoms with van der Waals surface area (Å²) in [7, 11) is -1.83. The van der Waals surface area contributed by atoms with Crippen LogP contribution < -0.4 is 4.72 Å². The highest BCUT2D eigenvalue weighted by molar-refractivity contribution is 7.92. The monoisotopic (exact) mass is 327 g/mol. The van der Waals surface area contributed by atoms with E-state index in [1.54, 1.807) is 42.9 Å². The quantitative estimate of drug-likeness (QED) is 0.859. The predicted octanol–water partition coefficient (Wildman–Crippen LogP) is 2.62. The smallest absolute Gasteiger partial charge is 0.262 e. The van der Waals surface area contributed by atoms with Gasteiger partial charge in [0.15, 0.2) is 0 Å². The highest BCUT2D eigenvalue weighted by atomic mass is 35.5. The Hall–Kier alpha value is -1.53. The number of aryl methyl sites for hydroxylation is 3. The van der Waals surface area contributed by atoms with E-state index in [0.717, 1.165) is 17.7 Å². The van der Waals surface area contributed by atoms with Crippen LogP contribution >= 0.6 is 11.6 Å². The Kier molecular flexibility index (Phi) is 4.58. The molecule has 0 aliphatic carbocycles. The summed E-state index contributed by atoms with van der Waals surface area (Å²) in [5.41, 5.74) is 2.96. The van der Waals surface area contributed by atoms with Gasteiger partial charge in [-0.1, -0.05) is 12.1 Å². The molecule has 1 aromatic carbocycles. The molecule has 0 spiro atoms. The van der Waals surface area contributed by atoms with Crippen molar-refractivity contribution in [3.05, 3.63) is 41.2 Å². The maximum absolute atomic E-state index is 12.4. The number of aromatic nitrogens is 2. The highest BCUT2D eigenvalue weighted by Crippen LogP contribution is 2.22. The van der Waals surface area contributed by atoms with Crippen LogP contribution in [0.1, 0.15) is 17.0 Å². The average molecular weight is 328 g/mol. The van der Waals surface area contributed by atoms with Crippen LogP contribution in [0, 0.1) is 13.8 Å². The van der Waals surface area contributed by atoms with E-state index < -0.39 is 10.0 Å². The molecule has 0 radical (unpaired) electrons. The van der Waals surface area contributed by atoms with Crippen molar-refractivity contribution >= 4 is 27.3 Å². The molecular formula is C14H18ClN3O2S. The zero-order valence-corrected chi connectivity index (χ0v) is 13.8. The van der Waals surface area contributed by atoms with Crippen molar-refractivity contribution in [2.75, 3.05) is 10.6 Å². The minimum atomic E-state index is -3.61. The molecule has 0 saturated heterocycles. The Labute approximate surface area is 130 Å². The number of nitrogens with zero attached hydrogens (tertiary/aromatic N) is 2. The predicted molar refractivity (Wildman–Crippen MR) is 84.4 cm³/mol. The molecule has 1 N–H and O–H groups in total. The van der Waals surface area contributed by atoms with Gasteiger partial charge in [0.25, 0.3) is 10.0 Å². The number of sulfonamides is 1. The normalized spacial score (nSPS) is 11.6. The third kappa shape index (κ3) is 3.39. The zero-order chi connectivity index (χ0) is 15.6. The fourth-order valence-corrected chi connectivity index (χ4v) is 3.45. The first kappa shape index (κ1) is 15.9. The minimum Gasteiger partial charge on any atom is -0.276 e. The number of hydrogen-bond acceptors (Lipinski definition) is 3. The molecule has 114 valence electrons. The van der Waals surface area contributed by atoms with Crippen LogP contribution in [0.5, 0.6) is 0 Å². The second kappa shape index (κ2) is 6.07. The van der Waals surface area contributed by atoms with Crippen molar-refractivity contribution in [3.8, 4) is 0 Å². The summed E-state index contributed by atoms with van der Waals surface area (Å²) < 4.78 is 29.1. The third-order valence-electron chi connectivity index (χ3n) is 3.36. The molecule has 0 atom stereocenters. The number of alkyl halides is 1. The van der Waals surface area contributed by atoms with Crippen LogP contribution in [0.25, 0.3) is 0 Å². The van der Waals surface area contributed by atoms with Gasteiger partial charge in [0.2, 0.25) is 0 Å². The van der Waals surface area contributed by atoms with E-state index in [4.69, 9.17) is 11.6 Å². The molecule has 0 fully saturated rings. The average Bonchev–Trinajstić information content (AvgIpc) is 2.66. The number of rotatable bonds is 5. The lowest BCUT2D eigenvalue weighted by Gasteiger charge is -2.09. The van der Waals surface area contributed by atoms with Gasteiger partial charge in [0.05, 0.1) is 22.0 Å². The molecule has 1 aromatic heterocycles. The molecule has 0 amide bonds. The second-order valence-electron chi connectivity index (χ2n) is 4.86. The summed E-state index contributed by atoms with van der Waals surface area (Å²) in [6.45, 7) is 3.59. The first-order chi connectivity index (χ1) is 9.85. The van der Waals surface area contributed by atoms with Gasteiger partial charge in [-0.3, -0.25) is 9.40 Å². The number of benzene rings is 1. The van der Waals surface area contributed by atoms with Gasteiger partial charge < -0.3 is 0 Å². The molecule has 0 aliphatic heterocycles. The molecule has 1 heterocycles.